The second kappa shape index (κ2) is 6.20. The van der Waals surface area contributed by atoms with E-state index in [1.54, 1.807) is 0 Å². The number of hydrogen-bond acceptors (Lipinski definition) is 5. The van der Waals surface area contributed by atoms with E-state index >= 15 is 0 Å². The molecular formula is C16H20N4O4. The lowest BCUT2D eigenvalue weighted by molar-refractivity contribution is -0.385. The maximum Gasteiger partial charge on any atom is 0.314 e. The van der Waals surface area contributed by atoms with Gasteiger partial charge in [-0.3, -0.25) is 24.6 Å². The Morgan fingerprint density at radius 2 is 1.96 bits per heavy atom. The van der Waals surface area contributed by atoms with Crippen molar-refractivity contribution in [2.24, 2.45) is 5.92 Å². The predicted octanol–water partition coefficient (Wildman–Crippen LogP) is 1.53. The Morgan fingerprint density at radius 1 is 1.25 bits per heavy atom. The summed E-state index contributed by atoms with van der Waals surface area (Å²) in [5.74, 6) is 0.574. The number of nitro groups is 1. The average Bonchev–Trinajstić information content (AvgIpc) is 2.53. The van der Waals surface area contributed by atoms with Crippen LogP contribution in [-0.4, -0.2) is 32.9 Å². The number of H-pyrrole nitrogens is 2. The van der Waals surface area contributed by atoms with E-state index in [2.05, 4.69) is 28.7 Å². The molecule has 0 unspecified atom stereocenters. The lowest BCUT2D eigenvalue weighted by atomic mass is 9.95. The van der Waals surface area contributed by atoms with Gasteiger partial charge in [-0.15, -0.1) is 0 Å². The summed E-state index contributed by atoms with van der Waals surface area (Å²) >= 11 is 0. The molecule has 1 aliphatic rings. The van der Waals surface area contributed by atoms with Gasteiger partial charge in [-0.2, -0.15) is 0 Å². The van der Waals surface area contributed by atoms with Gasteiger partial charge in [0.15, 0.2) is 0 Å². The van der Waals surface area contributed by atoms with E-state index in [0.717, 1.165) is 25.1 Å². The molecule has 0 spiro atoms. The molecule has 0 aliphatic carbocycles. The SMILES string of the molecule is CC(C)CCN1CCc2c([N+](=O)[O-])cc3[nH]c(=O)c(=O)[nH]c3c2C1. The van der Waals surface area contributed by atoms with E-state index in [-0.39, 0.29) is 5.69 Å². The van der Waals surface area contributed by atoms with Gasteiger partial charge in [0, 0.05) is 30.3 Å². The summed E-state index contributed by atoms with van der Waals surface area (Å²) in [6.07, 6.45) is 1.59. The van der Waals surface area contributed by atoms with Crippen molar-refractivity contribution in [3.63, 3.8) is 0 Å². The van der Waals surface area contributed by atoms with Crippen molar-refractivity contribution < 1.29 is 4.92 Å². The highest BCUT2D eigenvalue weighted by Crippen LogP contribution is 2.32. The van der Waals surface area contributed by atoms with Crippen molar-refractivity contribution in [2.45, 2.75) is 33.2 Å². The van der Waals surface area contributed by atoms with Crippen molar-refractivity contribution in [2.75, 3.05) is 13.1 Å². The van der Waals surface area contributed by atoms with Crippen LogP contribution in [0.1, 0.15) is 31.4 Å². The largest absolute Gasteiger partial charge is 0.316 e. The molecule has 2 heterocycles. The molecule has 8 nitrogen and oxygen atoms in total. The maximum absolute atomic E-state index is 11.7. The lowest BCUT2D eigenvalue weighted by Gasteiger charge is -2.29. The Hall–Kier alpha value is -2.48. The first kappa shape index (κ1) is 16.4. The number of aromatic amines is 2. The highest BCUT2D eigenvalue weighted by Gasteiger charge is 2.27. The minimum atomic E-state index is -0.802. The molecule has 0 fully saturated rings. The van der Waals surface area contributed by atoms with Crippen molar-refractivity contribution in [3.8, 4) is 0 Å². The molecule has 0 amide bonds. The monoisotopic (exact) mass is 332 g/mol. The van der Waals surface area contributed by atoms with Crippen molar-refractivity contribution in [1.82, 2.24) is 14.9 Å². The van der Waals surface area contributed by atoms with E-state index in [1.807, 2.05) is 0 Å². The lowest BCUT2D eigenvalue weighted by Crippen LogP contribution is -2.34. The molecule has 3 rings (SSSR count). The van der Waals surface area contributed by atoms with Crippen LogP contribution >= 0.6 is 0 Å². The van der Waals surface area contributed by atoms with Crippen LogP contribution in [0.3, 0.4) is 0 Å². The van der Waals surface area contributed by atoms with Gasteiger partial charge in [0.2, 0.25) is 0 Å². The van der Waals surface area contributed by atoms with Gasteiger partial charge >= 0.3 is 11.1 Å². The number of aromatic nitrogens is 2. The fourth-order valence-corrected chi connectivity index (χ4v) is 3.18. The highest BCUT2D eigenvalue weighted by molar-refractivity contribution is 5.83. The summed E-state index contributed by atoms with van der Waals surface area (Å²) in [6.45, 7) is 6.48. The molecule has 0 saturated heterocycles. The van der Waals surface area contributed by atoms with Crippen LogP contribution in [0.2, 0.25) is 0 Å². The summed E-state index contributed by atoms with van der Waals surface area (Å²) in [4.78, 5) is 41.5. The summed E-state index contributed by atoms with van der Waals surface area (Å²) in [5, 5.41) is 11.4. The first-order valence-electron chi connectivity index (χ1n) is 8.04. The second-order valence-electron chi connectivity index (χ2n) is 6.65. The van der Waals surface area contributed by atoms with Gasteiger partial charge in [0.1, 0.15) is 0 Å². The first-order chi connectivity index (χ1) is 11.4. The maximum atomic E-state index is 11.7. The van der Waals surface area contributed by atoms with Gasteiger partial charge in [0.05, 0.1) is 16.0 Å². The number of nitrogens with zero attached hydrogens (tertiary/aromatic N) is 2. The Morgan fingerprint density at radius 3 is 2.62 bits per heavy atom. The van der Waals surface area contributed by atoms with Crippen LogP contribution in [-0.2, 0) is 13.0 Å². The molecule has 1 aromatic heterocycles. The number of benzene rings is 1. The van der Waals surface area contributed by atoms with Gasteiger partial charge in [-0.25, -0.2) is 0 Å². The number of rotatable bonds is 4. The van der Waals surface area contributed by atoms with E-state index < -0.39 is 16.0 Å². The average molecular weight is 332 g/mol. The third kappa shape index (κ3) is 2.96. The van der Waals surface area contributed by atoms with E-state index in [4.69, 9.17) is 0 Å². The van der Waals surface area contributed by atoms with E-state index in [9.17, 15) is 19.7 Å². The predicted molar refractivity (Wildman–Crippen MR) is 90.3 cm³/mol. The Kier molecular flexibility index (Phi) is 4.23. The molecule has 0 atom stereocenters. The minimum Gasteiger partial charge on any atom is -0.316 e. The van der Waals surface area contributed by atoms with Crippen LogP contribution in [0, 0.1) is 16.0 Å². The van der Waals surface area contributed by atoms with E-state index in [1.165, 1.54) is 6.07 Å². The van der Waals surface area contributed by atoms with Crippen LogP contribution in [0.5, 0.6) is 0 Å². The van der Waals surface area contributed by atoms with Crippen LogP contribution < -0.4 is 11.1 Å². The number of fused-ring (bicyclic) bond motifs is 3. The third-order valence-corrected chi connectivity index (χ3v) is 4.50. The molecule has 2 aromatic rings. The topological polar surface area (TPSA) is 112 Å². The van der Waals surface area contributed by atoms with Gasteiger partial charge in [-0.05, 0) is 25.3 Å². The number of nitrogens with one attached hydrogen (secondary N) is 2. The number of nitro benzene ring substituents is 1. The van der Waals surface area contributed by atoms with Crippen molar-refractivity contribution in [3.05, 3.63) is 48.0 Å². The Bertz CT molecular complexity index is 913. The molecule has 8 heteroatoms. The molecule has 1 aromatic carbocycles. The zero-order chi connectivity index (χ0) is 17.4. The normalized spacial score (nSPS) is 15.0. The summed E-state index contributed by atoms with van der Waals surface area (Å²) in [7, 11) is 0. The molecular weight excluding hydrogens is 312 g/mol. The highest BCUT2D eigenvalue weighted by atomic mass is 16.6. The summed E-state index contributed by atoms with van der Waals surface area (Å²) < 4.78 is 0. The zero-order valence-electron chi connectivity index (χ0n) is 13.7. The van der Waals surface area contributed by atoms with Crippen molar-refractivity contribution >= 4 is 16.7 Å². The first-order valence-corrected chi connectivity index (χ1v) is 8.04. The quantitative estimate of drug-likeness (QED) is 0.501. The molecule has 0 saturated carbocycles. The summed E-state index contributed by atoms with van der Waals surface area (Å²) in [5.41, 5.74) is 0.648. The van der Waals surface area contributed by atoms with Crippen LogP contribution in [0.25, 0.3) is 11.0 Å². The Balaban J connectivity index is 2.13. The number of hydrogen-bond donors (Lipinski definition) is 2. The van der Waals surface area contributed by atoms with Crippen LogP contribution in [0.4, 0.5) is 5.69 Å². The molecule has 24 heavy (non-hydrogen) atoms. The van der Waals surface area contributed by atoms with Crippen LogP contribution in [0.15, 0.2) is 15.7 Å². The standard InChI is InChI=1S/C16H20N4O4/c1-9(2)3-5-19-6-4-10-11(8-19)14-12(7-13(10)20(23)24)17-15(21)16(22)18-14/h7,9H,3-6,8H2,1-2H3,(H,17,21)(H,18,22). The fraction of sp³-hybridized carbons (Fsp3) is 0.500. The fourth-order valence-electron chi connectivity index (χ4n) is 3.18. The minimum absolute atomic E-state index is 0.00343. The molecule has 2 N–H and O–H groups in total. The smallest absolute Gasteiger partial charge is 0.314 e. The third-order valence-electron chi connectivity index (χ3n) is 4.50. The van der Waals surface area contributed by atoms with Gasteiger partial charge < -0.3 is 9.97 Å². The van der Waals surface area contributed by atoms with Gasteiger partial charge in [-0.1, -0.05) is 13.8 Å². The zero-order valence-corrected chi connectivity index (χ0v) is 13.7. The second-order valence-corrected chi connectivity index (χ2v) is 6.65. The molecule has 1 aliphatic heterocycles. The summed E-state index contributed by atoms with van der Waals surface area (Å²) in [6, 6.07) is 1.34. The molecule has 0 radical (unpaired) electrons. The molecule has 128 valence electrons. The Labute approximate surface area is 137 Å². The molecule has 0 bridgehead atoms. The van der Waals surface area contributed by atoms with E-state index in [0.29, 0.717) is 35.5 Å². The van der Waals surface area contributed by atoms with Gasteiger partial charge in [0.25, 0.3) is 5.69 Å². The van der Waals surface area contributed by atoms with Crippen molar-refractivity contribution in [1.29, 1.82) is 0 Å².